The van der Waals surface area contributed by atoms with Gasteiger partial charge in [-0.25, -0.2) is 4.79 Å². The Balaban J connectivity index is 2.34. The topological polar surface area (TPSA) is 67.6 Å². The predicted molar refractivity (Wildman–Crippen MR) is 78.8 cm³/mol. The SMILES string of the molecule is COC(=O)c1ccc(N2CCNCC2)cc1C#CCN. The molecule has 0 amide bonds. The molecule has 1 fully saturated rings. The van der Waals surface area contributed by atoms with Gasteiger partial charge < -0.3 is 20.7 Å². The number of esters is 1. The van der Waals surface area contributed by atoms with Gasteiger partial charge in [-0.05, 0) is 18.2 Å². The summed E-state index contributed by atoms with van der Waals surface area (Å²) in [5.74, 6) is 5.37. The highest BCUT2D eigenvalue weighted by Crippen LogP contribution is 2.20. The smallest absolute Gasteiger partial charge is 0.339 e. The average Bonchev–Trinajstić information content (AvgIpc) is 2.52. The van der Waals surface area contributed by atoms with Gasteiger partial charge in [0.1, 0.15) is 0 Å². The number of hydrogen-bond donors (Lipinski definition) is 2. The first kappa shape index (κ1) is 14.4. The molecular weight excluding hydrogens is 254 g/mol. The highest BCUT2D eigenvalue weighted by Gasteiger charge is 2.15. The minimum absolute atomic E-state index is 0.262. The highest BCUT2D eigenvalue weighted by atomic mass is 16.5. The maximum atomic E-state index is 11.7. The lowest BCUT2D eigenvalue weighted by Crippen LogP contribution is -2.43. The summed E-state index contributed by atoms with van der Waals surface area (Å²) in [5, 5.41) is 3.31. The molecule has 20 heavy (non-hydrogen) atoms. The molecule has 106 valence electrons. The van der Waals surface area contributed by atoms with E-state index in [4.69, 9.17) is 10.5 Å². The van der Waals surface area contributed by atoms with Gasteiger partial charge >= 0.3 is 5.97 Å². The van der Waals surface area contributed by atoms with E-state index in [2.05, 4.69) is 22.1 Å². The van der Waals surface area contributed by atoms with Crippen molar-refractivity contribution in [2.75, 3.05) is 44.7 Å². The fourth-order valence-electron chi connectivity index (χ4n) is 2.19. The number of carbonyl (C=O) groups is 1. The van der Waals surface area contributed by atoms with Crippen molar-refractivity contribution >= 4 is 11.7 Å². The van der Waals surface area contributed by atoms with Crippen molar-refractivity contribution in [2.45, 2.75) is 0 Å². The van der Waals surface area contributed by atoms with E-state index in [-0.39, 0.29) is 12.5 Å². The molecule has 1 aliphatic heterocycles. The van der Waals surface area contributed by atoms with E-state index in [1.54, 1.807) is 6.07 Å². The Kier molecular flexibility index (Phi) is 4.99. The van der Waals surface area contributed by atoms with Gasteiger partial charge in [0.2, 0.25) is 0 Å². The summed E-state index contributed by atoms with van der Waals surface area (Å²) in [4.78, 5) is 14.0. The number of ether oxygens (including phenoxy) is 1. The summed E-state index contributed by atoms with van der Waals surface area (Å²) in [6, 6.07) is 5.63. The molecule has 0 radical (unpaired) electrons. The lowest BCUT2D eigenvalue weighted by atomic mass is 10.1. The Bertz CT molecular complexity index is 540. The Hall–Kier alpha value is -2.03. The molecular formula is C15H19N3O2. The Morgan fingerprint density at radius 3 is 2.85 bits per heavy atom. The molecule has 1 aliphatic rings. The van der Waals surface area contributed by atoms with Gasteiger partial charge in [0.05, 0.1) is 19.2 Å². The average molecular weight is 273 g/mol. The third-order valence-electron chi connectivity index (χ3n) is 3.22. The number of nitrogens with one attached hydrogen (secondary N) is 1. The van der Waals surface area contributed by atoms with Gasteiger partial charge in [-0.3, -0.25) is 0 Å². The maximum absolute atomic E-state index is 11.7. The second-order valence-corrected chi connectivity index (χ2v) is 4.46. The summed E-state index contributed by atoms with van der Waals surface area (Å²) in [7, 11) is 1.37. The van der Waals surface area contributed by atoms with Crippen LogP contribution in [0.2, 0.25) is 0 Å². The molecule has 5 heteroatoms. The van der Waals surface area contributed by atoms with Crippen LogP contribution in [0.5, 0.6) is 0 Å². The number of anilines is 1. The predicted octanol–water partition coefficient (Wildman–Crippen LogP) is 0.193. The largest absolute Gasteiger partial charge is 0.465 e. The van der Waals surface area contributed by atoms with Gasteiger partial charge in [-0.2, -0.15) is 0 Å². The quantitative estimate of drug-likeness (QED) is 0.595. The number of carbonyl (C=O) groups excluding carboxylic acids is 1. The Morgan fingerprint density at radius 2 is 2.20 bits per heavy atom. The molecule has 1 aromatic rings. The fourth-order valence-corrected chi connectivity index (χ4v) is 2.19. The van der Waals surface area contributed by atoms with Gasteiger partial charge in [0.15, 0.2) is 0 Å². The van der Waals surface area contributed by atoms with Crippen LogP contribution in [0.1, 0.15) is 15.9 Å². The third kappa shape index (κ3) is 3.29. The summed E-state index contributed by atoms with van der Waals surface area (Å²) >= 11 is 0. The summed E-state index contributed by atoms with van der Waals surface area (Å²) in [6.07, 6.45) is 0. The van der Waals surface area contributed by atoms with Crippen molar-refractivity contribution in [3.8, 4) is 11.8 Å². The lowest BCUT2D eigenvalue weighted by molar-refractivity contribution is 0.0600. The van der Waals surface area contributed by atoms with Crippen LogP contribution < -0.4 is 16.0 Å². The van der Waals surface area contributed by atoms with E-state index in [0.29, 0.717) is 11.1 Å². The van der Waals surface area contributed by atoms with Gasteiger partial charge in [-0.15, -0.1) is 0 Å². The molecule has 0 saturated carbocycles. The monoisotopic (exact) mass is 273 g/mol. The van der Waals surface area contributed by atoms with E-state index in [1.165, 1.54) is 7.11 Å². The number of benzene rings is 1. The second-order valence-electron chi connectivity index (χ2n) is 4.46. The molecule has 1 aromatic carbocycles. The number of rotatable bonds is 2. The van der Waals surface area contributed by atoms with Crippen molar-refractivity contribution in [3.63, 3.8) is 0 Å². The number of nitrogens with zero attached hydrogens (tertiary/aromatic N) is 1. The summed E-state index contributed by atoms with van der Waals surface area (Å²) < 4.78 is 4.78. The van der Waals surface area contributed by atoms with Crippen molar-refractivity contribution in [3.05, 3.63) is 29.3 Å². The molecule has 0 spiro atoms. The fraction of sp³-hybridized carbons (Fsp3) is 0.400. The van der Waals surface area contributed by atoms with Crippen molar-refractivity contribution in [1.29, 1.82) is 0 Å². The molecule has 1 heterocycles. The molecule has 0 bridgehead atoms. The van der Waals surface area contributed by atoms with Crippen LogP contribution in [0, 0.1) is 11.8 Å². The minimum atomic E-state index is -0.377. The van der Waals surface area contributed by atoms with Gasteiger partial charge in [0.25, 0.3) is 0 Å². The molecule has 0 unspecified atom stereocenters. The number of hydrogen-bond acceptors (Lipinski definition) is 5. The summed E-state index contributed by atoms with van der Waals surface area (Å²) in [6.45, 7) is 4.08. The first-order chi connectivity index (χ1) is 9.76. The van der Waals surface area contributed by atoms with E-state index >= 15 is 0 Å². The molecule has 5 nitrogen and oxygen atoms in total. The lowest BCUT2D eigenvalue weighted by Gasteiger charge is -2.29. The van der Waals surface area contributed by atoms with Crippen LogP contribution in [0.15, 0.2) is 18.2 Å². The summed E-state index contributed by atoms with van der Waals surface area (Å²) in [5.41, 5.74) is 7.62. The Morgan fingerprint density at radius 1 is 1.45 bits per heavy atom. The van der Waals surface area contributed by atoms with Crippen LogP contribution >= 0.6 is 0 Å². The number of methoxy groups -OCH3 is 1. The maximum Gasteiger partial charge on any atom is 0.339 e. The first-order valence-corrected chi connectivity index (χ1v) is 6.63. The van der Waals surface area contributed by atoms with Crippen molar-refractivity contribution in [2.24, 2.45) is 5.73 Å². The van der Waals surface area contributed by atoms with Crippen LogP contribution in [0.3, 0.4) is 0 Å². The molecule has 0 aromatic heterocycles. The van der Waals surface area contributed by atoms with Crippen molar-refractivity contribution in [1.82, 2.24) is 5.32 Å². The number of piperazine rings is 1. The van der Waals surface area contributed by atoms with Crippen molar-refractivity contribution < 1.29 is 9.53 Å². The molecule has 2 rings (SSSR count). The van der Waals surface area contributed by atoms with Gasteiger partial charge in [-0.1, -0.05) is 11.8 Å². The van der Waals surface area contributed by atoms with E-state index < -0.39 is 0 Å². The van der Waals surface area contributed by atoms with Gasteiger partial charge in [0, 0.05) is 37.4 Å². The van der Waals surface area contributed by atoms with Crippen LogP contribution in [-0.2, 0) is 4.74 Å². The molecule has 1 saturated heterocycles. The normalized spacial score (nSPS) is 14.4. The molecule has 3 N–H and O–H groups in total. The zero-order chi connectivity index (χ0) is 14.4. The third-order valence-corrected chi connectivity index (χ3v) is 3.22. The van der Waals surface area contributed by atoms with Crippen LogP contribution in [0.25, 0.3) is 0 Å². The minimum Gasteiger partial charge on any atom is -0.465 e. The Labute approximate surface area is 119 Å². The van der Waals surface area contributed by atoms with Crippen LogP contribution in [-0.4, -0.2) is 45.8 Å². The molecule has 0 atom stereocenters. The first-order valence-electron chi connectivity index (χ1n) is 6.63. The highest BCUT2D eigenvalue weighted by molar-refractivity contribution is 5.93. The zero-order valence-corrected chi connectivity index (χ0v) is 11.6. The zero-order valence-electron chi connectivity index (χ0n) is 11.6. The van der Waals surface area contributed by atoms with E-state index in [9.17, 15) is 4.79 Å². The molecule has 0 aliphatic carbocycles. The van der Waals surface area contributed by atoms with E-state index in [0.717, 1.165) is 31.9 Å². The standard InChI is InChI=1S/C15H19N3O2/c1-20-15(19)14-5-4-13(11-12(14)3-2-6-16)18-9-7-17-8-10-18/h4-5,11,17H,6-10,16H2,1H3. The number of nitrogens with two attached hydrogens (primary N) is 1. The van der Waals surface area contributed by atoms with E-state index in [1.807, 2.05) is 12.1 Å². The second kappa shape index (κ2) is 6.94. The van der Waals surface area contributed by atoms with Crippen LogP contribution in [0.4, 0.5) is 5.69 Å².